The maximum atomic E-state index is 12.3. The van der Waals surface area contributed by atoms with Gasteiger partial charge in [-0.25, -0.2) is 8.42 Å². The zero-order valence-electron chi connectivity index (χ0n) is 17.1. The number of rotatable bonds is 7. The first-order chi connectivity index (χ1) is 15.1. The van der Waals surface area contributed by atoms with Crippen LogP contribution in [0.3, 0.4) is 0 Å². The molecule has 0 atom stereocenters. The molecule has 0 saturated heterocycles. The Morgan fingerprint density at radius 1 is 1.06 bits per heavy atom. The van der Waals surface area contributed by atoms with Crippen LogP contribution in [-0.4, -0.2) is 36.4 Å². The van der Waals surface area contributed by atoms with E-state index in [1.165, 1.54) is 18.2 Å². The summed E-state index contributed by atoms with van der Waals surface area (Å²) in [5.74, 6) is -0.704. The number of nitrogens with zero attached hydrogens (tertiary/aromatic N) is 2. The summed E-state index contributed by atoms with van der Waals surface area (Å²) in [6.45, 7) is 0. The molecule has 8 nitrogen and oxygen atoms in total. The summed E-state index contributed by atoms with van der Waals surface area (Å²) in [7, 11) is -3.71. The Bertz CT molecular complexity index is 1290. The second-order valence-corrected chi connectivity index (χ2v) is 9.30. The van der Waals surface area contributed by atoms with Gasteiger partial charge in [0.2, 0.25) is 0 Å². The SMILES string of the molecule is CS(=O)(=O)c1cc(C(=O)N=C(N)N)ccc1Oc1ccc(C(=S)Cc2ccccn2)cc1. The van der Waals surface area contributed by atoms with Crippen molar-refractivity contribution in [3.05, 3.63) is 83.7 Å². The Kier molecular flexibility index (Phi) is 6.96. The normalized spacial score (nSPS) is 10.9. The van der Waals surface area contributed by atoms with Crippen molar-refractivity contribution in [2.45, 2.75) is 11.3 Å². The standard InChI is InChI=1S/C22H20N4O4S2/c1-32(28,29)20-12-15(21(27)26-22(23)24)7-10-18(20)30-17-8-5-14(6-9-17)19(31)13-16-4-2-3-11-25-16/h2-12H,13H2,1H3,(H4,23,24,26,27). The third-order valence-corrected chi connectivity index (χ3v) is 5.79. The van der Waals surface area contributed by atoms with Gasteiger partial charge in [0.15, 0.2) is 15.8 Å². The Labute approximate surface area is 190 Å². The zero-order chi connectivity index (χ0) is 23.3. The number of benzene rings is 2. The van der Waals surface area contributed by atoms with Crippen molar-refractivity contribution in [2.24, 2.45) is 16.5 Å². The molecule has 1 heterocycles. The molecular formula is C22H20N4O4S2. The molecule has 3 rings (SSSR count). The van der Waals surface area contributed by atoms with Crippen LogP contribution in [-0.2, 0) is 16.3 Å². The highest BCUT2D eigenvalue weighted by Crippen LogP contribution is 2.30. The summed E-state index contributed by atoms with van der Waals surface area (Å²) < 4.78 is 30.3. The van der Waals surface area contributed by atoms with Crippen LogP contribution in [0, 0.1) is 0 Å². The number of aromatic nitrogens is 1. The van der Waals surface area contributed by atoms with Crippen LogP contribution in [0.4, 0.5) is 0 Å². The fourth-order valence-electron chi connectivity index (χ4n) is 2.80. The fraction of sp³-hybridized carbons (Fsp3) is 0.0909. The van der Waals surface area contributed by atoms with Crippen molar-refractivity contribution in [3.63, 3.8) is 0 Å². The number of aliphatic imine (C=N–C) groups is 1. The summed E-state index contributed by atoms with van der Waals surface area (Å²) >= 11 is 5.49. The Hall–Kier alpha value is -3.63. The molecule has 2 aromatic carbocycles. The van der Waals surface area contributed by atoms with Crippen molar-refractivity contribution in [1.82, 2.24) is 4.98 Å². The van der Waals surface area contributed by atoms with Crippen LogP contribution in [0.15, 0.2) is 76.7 Å². The average Bonchev–Trinajstić information content (AvgIpc) is 2.74. The van der Waals surface area contributed by atoms with Crippen LogP contribution in [0.25, 0.3) is 0 Å². The van der Waals surface area contributed by atoms with E-state index in [1.807, 2.05) is 18.2 Å². The van der Waals surface area contributed by atoms with Gasteiger partial charge in [0.05, 0.1) is 0 Å². The molecule has 1 aromatic heterocycles. The van der Waals surface area contributed by atoms with Crippen LogP contribution in [0.1, 0.15) is 21.6 Å². The predicted molar refractivity (Wildman–Crippen MR) is 126 cm³/mol. The average molecular weight is 469 g/mol. The van der Waals surface area contributed by atoms with Crippen molar-refractivity contribution in [3.8, 4) is 11.5 Å². The minimum Gasteiger partial charge on any atom is -0.456 e. The monoisotopic (exact) mass is 468 g/mol. The fourth-order valence-corrected chi connectivity index (χ4v) is 3.90. The molecule has 0 aliphatic carbocycles. The van der Waals surface area contributed by atoms with Gasteiger partial charge in [0.25, 0.3) is 5.91 Å². The number of nitrogens with two attached hydrogens (primary N) is 2. The van der Waals surface area contributed by atoms with E-state index in [-0.39, 0.29) is 16.2 Å². The van der Waals surface area contributed by atoms with Gasteiger partial charge in [0, 0.05) is 35.0 Å². The van der Waals surface area contributed by atoms with Gasteiger partial charge in [-0.05, 0) is 48.0 Å². The lowest BCUT2D eigenvalue weighted by molar-refractivity contribution is 0.100. The number of amides is 1. The molecule has 0 aliphatic rings. The number of hydrogen-bond acceptors (Lipinski definition) is 6. The number of carbonyl (C=O) groups excluding carboxylic acids is 1. The molecule has 0 radical (unpaired) electrons. The molecule has 0 fully saturated rings. The lowest BCUT2D eigenvalue weighted by atomic mass is 10.1. The molecule has 0 unspecified atom stereocenters. The van der Waals surface area contributed by atoms with E-state index in [0.29, 0.717) is 12.2 Å². The Morgan fingerprint density at radius 3 is 2.34 bits per heavy atom. The molecule has 0 aliphatic heterocycles. The predicted octanol–water partition coefficient (Wildman–Crippen LogP) is 2.65. The molecule has 164 valence electrons. The van der Waals surface area contributed by atoms with Crippen molar-refractivity contribution in [1.29, 1.82) is 0 Å². The van der Waals surface area contributed by atoms with Crippen molar-refractivity contribution < 1.29 is 17.9 Å². The molecular weight excluding hydrogens is 448 g/mol. The van der Waals surface area contributed by atoms with Crippen LogP contribution < -0.4 is 16.2 Å². The highest BCUT2D eigenvalue weighted by Gasteiger charge is 2.19. The topological polar surface area (TPSA) is 138 Å². The summed E-state index contributed by atoms with van der Waals surface area (Å²) in [6, 6.07) is 16.5. The smallest absolute Gasteiger partial charge is 0.280 e. The Balaban J connectivity index is 1.82. The van der Waals surface area contributed by atoms with Crippen LogP contribution in [0.2, 0.25) is 0 Å². The first-order valence-electron chi connectivity index (χ1n) is 9.32. The minimum atomic E-state index is -3.71. The molecule has 32 heavy (non-hydrogen) atoms. The zero-order valence-corrected chi connectivity index (χ0v) is 18.7. The van der Waals surface area contributed by atoms with Crippen LogP contribution >= 0.6 is 12.2 Å². The van der Waals surface area contributed by atoms with Gasteiger partial charge in [-0.3, -0.25) is 9.78 Å². The van der Waals surface area contributed by atoms with Gasteiger partial charge in [-0.2, -0.15) is 4.99 Å². The number of sulfone groups is 1. The highest BCUT2D eigenvalue weighted by molar-refractivity contribution is 7.90. The first-order valence-corrected chi connectivity index (χ1v) is 11.6. The van der Waals surface area contributed by atoms with Crippen molar-refractivity contribution in [2.75, 3.05) is 6.26 Å². The maximum Gasteiger partial charge on any atom is 0.280 e. The van der Waals surface area contributed by atoms with E-state index < -0.39 is 21.7 Å². The van der Waals surface area contributed by atoms with Gasteiger partial charge in [-0.15, -0.1) is 0 Å². The summed E-state index contributed by atoms with van der Waals surface area (Å²) in [4.78, 5) is 20.3. The van der Waals surface area contributed by atoms with Crippen LogP contribution in [0.5, 0.6) is 11.5 Å². The molecule has 4 N–H and O–H groups in total. The highest BCUT2D eigenvalue weighted by atomic mass is 32.2. The second kappa shape index (κ2) is 9.67. The number of pyridine rings is 1. The molecule has 0 saturated carbocycles. The van der Waals surface area contributed by atoms with E-state index in [4.69, 9.17) is 28.4 Å². The number of guanidine groups is 1. The number of hydrogen-bond donors (Lipinski definition) is 2. The minimum absolute atomic E-state index is 0.0152. The second-order valence-electron chi connectivity index (χ2n) is 6.82. The van der Waals surface area contributed by atoms with Gasteiger partial charge >= 0.3 is 0 Å². The number of ether oxygens (including phenoxy) is 1. The molecule has 1 amide bonds. The molecule has 0 bridgehead atoms. The van der Waals surface area contributed by atoms with Gasteiger partial charge < -0.3 is 16.2 Å². The van der Waals surface area contributed by atoms with E-state index in [9.17, 15) is 13.2 Å². The number of thiocarbonyl (C=S) groups is 1. The maximum absolute atomic E-state index is 12.3. The summed E-state index contributed by atoms with van der Waals surface area (Å²) in [5, 5.41) is 0. The quantitative estimate of drug-likeness (QED) is 0.234. The lowest BCUT2D eigenvalue weighted by Gasteiger charge is -2.12. The van der Waals surface area contributed by atoms with E-state index in [0.717, 1.165) is 22.4 Å². The van der Waals surface area contributed by atoms with E-state index in [2.05, 4.69) is 9.98 Å². The van der Waals surface area contributed by atoms with Gasteiger partial charge in [0.1, 0.15) is 16.4 Å². The van der Waals surface area contributed by atoms with E-state index >= 15 is 0 Å². The molecule has 3 aromatic rings. The summed E-state index contributed by atoms with van der Waals surface area (Å²) in [6.07, 6.45) is 3.26. The first kappa shape index (κ1) is 23.0. The summed E-state index contributed by atoms with van der Waals surface area (Å²) in [5.41, 5.74) is 12.1. The third-order valence-electron chi connectivity index (χ3n) is 4.29. The molecule has 10 heteroatoms. The van der Waals surface area contributed by atoms with Crippen molar-refractivity contribution >= 4 is 38.8 Å². The largest absolute Gasteiger partial charge is 0.456 e. The Morgan fingerprint density at radius 2 is 1.75 bits per heavy atom. The third kappa shape index (κ3) is 5.96. The molecule has 0 spiro atoms. The number of carbonyl (C=O) groups is 1. The lowest BCUT2D eigenvalue weighted by Crippen LogP contribution is -2.24. The van der Waals surface area contributed by atoms with E-state index in [1.54, 1.807) is 30.5 Å². The van der Waals surface area contributed by atoms with Gasteiger partial charge in [-0.1, -0.05) is 30.4 Å².